The summed E-state index contributed by atoms with van der Waals surface area (Å²) in [5, 5.41) is 0. The zero-order valence-corrected chi connectivity index (χ0v) is 7.75. The van der Waals surface area contributed by atoms with Gasteiger partial charge in [-0.2, -0.15) is 8.42 Å². The maximum absolute atomic E-state index is 10.7. The van der Waals surface area contributed by atoms with Gasteiger partial charge in [0, 0.05) is 0 Å². The second kappa shape index (κ2) is 5.50. The maximum atomic E-state index is 10.7. The van der Waals surface area contributed by atoms with Gasteiger partial charge < -0.3 is 0 Å². The number of hydrogen-bond donors (Lipinski definition) is 0. The van der Waals surface area contributed by atoms with Gasteiger partial charge >= 0.3 is 16.1 Å². The van der Waals surface area contributed by atoms with Crippen LogP contribution in [0.3, 0.4) is 0 Å². The number of carbonyl (C=O) groups is 1. The molecule has 0 aromatic heterocycles. The summed E-state index contributed by atoms with van der Waals surface area (Å²) in [6.07, 6.45) is 2.28. The predicted molar refractivity (Wildman–Crippen MR) is 46.0 cm³/mol. The lowest BCUT2D eigenvalue weighted by Gasteiger charge is -2.00. The predicted octanol–water partition coefficient (Wildman–Crippen LogP) is 0.553. The van der Waals surface area contributed by atoms with Gasteiger partial charge in [0.15, 0.2) is 0 Å². The van der Waals surface area contributed by atoms with E-state index in [1.807, 2.05) is 0 Å². The lowest BCUT2D eigenvalue weighted by atomic mass is 10.4. The largest absolute Gasteiger partial charge is 0.347 e. The quantitative estimate of drug-likeness (QED) is 0.360. The number of rotatable bonds is 6. The highest BCUT2D eigenvalue weighted by atomic mass is 32.2. The maximum Gasteiger partial charge on any atom is 0.347 e. The van der Waals surface area contributed by atoms with Gasteiger partial charge in [-0.15, -0.1) is 13.2 Å². The fourth-order valence-electron chi connectivity index (χ4n) is 0.414. The molecule has 74 valence electrons. The smallest absolute Gasteiger partial charge is 0.281 e. The molecule has 0 amide bonds. The summed E-state index contributed by atoms with van der Waals surface area (Å²) in [6, 6.07) is 0. The van der Waals surface area contributed by atoms with E-state index in [2.05, 4.69) is 22.4 Å². The number of hydrogen-bond acceptors (Lipinski definition) is 5. The van der Waals surface area contributed by atoms with Gasteiger partial charge in [0.25, 0.3) is 0 Å². The molecule has 5 nitrogen and oxygen atoms in total. The van der Waals surface area contributed by atoms with Crippen LogP contribution in [-0.2, 0) is 24.1 Å². The molecule has 0 unspecified atom stereocenters. The SMILES string of the molecule is C=CCC(=O)OOS(=O)(=O)CC=C. The summed E-state index contributed by atoms with van der Waals surface area (Å²) in [4.78, 5) is 14.5. The monoisotopic (exact) mass is 206 g/mol. The zero-order chi connectivity index (χ0) is 10.3. The van der Waals surface area contributed by atoms with E-state index in [0.29, 0.717) is 0 Å². The van der Waals surface area contributed by atoms with E-state index in [4.69, 9.17) is 0 Å². The summed E-state index contributed by atoms with van der Waals surface area (Å²) >= 11 is 0. The average Bonchev–Trinajstić information content (AvgIpc) is 2.02. The highest BCUT2D eigenvalue weighted by Gasteiger charge is 2.12. The van der Waals surface area contributed by atoms with Crippen LogP contribution in [0.2, 0.25) is 0 Å². The first-order valence-electron chi connectivity index (χ1n) is 3.35. The molecule has 0 rings (SSSR count). The van der Waals surface area contributed by atoms with E-state index in [9.17, 15) is 13.2 Å². The molecule has 0 radical (unpaired) electrons. The molecule has 0 aliphatic rings. The Balaban J connectivity index is 3.94. The van der Waals surface area contributed by atoms with Crippen molar-refractivity contribution in [1.29, 1.82) is 0 Å². The number of carbonyl (C=O) groups excluding carboxylic acids is 1. The molecule has 0 saturated carbocycles. The Bertz CT molecular complexity index is 290. The van der Waals surface area contributed by atoms with Crippen molar-refractivity contribution in [1.82, 2.24) is 0 Å². The van der Waals surface area contributed by atoms with Gasteiger partial charge in [-0.3, -0.25) is 4.89 Å². The molecule has 0 aliphatic heterocycles. The Morgan fingerprint density at radius 2 is 1.92 bits per heavy atom. The van der Waals surface area contributed by atoms with Gasteiger partial charge in [-0.25, -0.2) is 4.79 Å². The lowest BCUT2D eigenvalue weighted by molar-refractivity contribution is -0.210. The van der Waals surface area contributed by atoms with E-state index in [1.54, 1.807) is 0 Å². The van der Waals surface area contributed by atoms with Crippen LogP contribution < -0.4 is 0 Å². The molecule has 0 atom stereocenters. The third-order valence-corrected chi connectivity index (χ3v) is 1.78. The molecule has 0 fully saturated rings. The Hall–Kier alpha value is -1.14. The van der Waals surface area contributed by atoms with Crippen LogP contribution in [0.15, 0.2) is 25.3 Å². The van der Waals surface area contributed by atoms with Crippen LogP contribution >= 0.6 is 0 Å². The average molecular weight is 206 g/mol. The van der Waals surface area contributed by atoms with Crippen molar-refractivity contribution in [2.45, 2.75) is 6.42 Å². The van der Waals surface area contributed by atoms with E-state index < -0.39 is 21.8 Å². The van der Waals surface area contributed by atoms with E-state index in [-0.39, 0.29) is 6.42 Å². The summed E-state index contributed by atoms with van der Waals surface area (Å²) in [5.41, 5.74) is 0. The molecule has 0 aromatic rings. The Morgan fingerprint density at radius 1 is 1.31 bits per heavy atom. The molecule has 0 N–H and O–H groups in total. The van der Waals surface area contributed by atoms with Crippen molar-refractivity contribution in [2.75, 3.05) is 5.75 Å². The first kappa shape index (κ1) is 11.9. The molecule has 0 aromatic carbocycles. The minimum Gasteiger partial charge on any atom is -0.281 e. The summed E-state index contributed by atoms with van der Waals surface area (Å²) in [7, 11) is -3.84. The topological polar surface area (TPSA) is 69.7 Å². The van der Waals surface area contributed by atoms with Gasteiger partial charge in [-0.1, -0.05) is 16.5 Å². The summed E-state index contributed by atoms with van der Waals surface area (Å²) in [5.74, 6) is -1.23. The Kier molecular flexibility index (Phi) is 5.01. The van der Waals surface area contributed by atoms with Crippen LogP contribution in [0.5, 0.6) is 0 Å². The molecule has 0 saturated heterocycles. The second-order valence-corrected chi connectivity index (χ2v) is 3.61. The molecular weight excluding hydrogens is 196 g/mol. The standard InChI is InChI=1S/C7H10O5S/c1-3-5-7(8)11-12-13(9,10)6-4-2/h3-4H,1-2,5-6H2. The van der Waals surface area contributed by atoms with Crippen LogP contribution in [0, 0.1) is 0 Å². The molecular formula is C7H10O5S. The molecule has 0 heterocycles. The Labute approximate surface area is 76.7 Å². The minimum atomic E-state index is -3.84. The van der Waals surface area contributed by atoms with Crippen LogP contribution in [0.25, 0.3) is 0 Å². The van der Waals surface area contributed by atoms with Crippen molar-refractivity contribution in [2.24, 2.45) is 0 Å². The van der Waals surface area contributed by atoms with Crippen LogP contribution in [0.1, 0.15) is 6.42 Å². The first-order valence-corrected chi connectivity index (χ1v) is 4.93. The Morgan fingerprint density at radius 3 is 2.38 bits per heavy atom. The van der Waals surface area contributed by atoms with Crippen molar-refractivity contribution >= 4 is 16.1 Å². The molecule has 0 spiro atoms. The van der Waals surface area contributed by atoms with Gasteiger partial charge in [-0.05, 0) is 0 Å². The van der Waals surface area contributed by atoms with E-state index >= 15 is 0 Å². The molecule has 13 heavy (non-hydrogen) atoms. The second-order valence-electron chi connectivity index (χ2n) is 2.03. The van der Waals surface area contributed by atoms with Crippen molar-refractivity contribution in [3.8, 4) is 0 Å². The van der Waals surface area contributed by atoms with Gasteiger partial charge in [0.1, 0.15) is 0 Å². The fraction of sp³-hybridized carbons (Fsp3) is 0.286. The normalized spacial score (nSPS) is 10.5. The highest BCUT2D eigenvalue weighted by molar-refractivity contribution is 7.86. The van der Waals surface area contributed by atoms with Crippen LogP contribution in [0.4, 0.5) is 0 Å². The van der Waals surface area contributed by atoms with E-state index in [1.165, 1.54) is 6.08 Å². The first-order chi connectivity index (χ1) is 6.02. The minimum absolute atomic E-state index is 0.108. The molecule has 0 bridgehead atoms. The highest BCUT2D eigenvalue weighted by Crippen LogP contribution is 1.97. The van der Waals surface area contributed by atoms with Gasteiger partial charge in [0.05, 0.1) is 12.2 Å². The molecule has 6 heteroatoms. The summed E-state index contributed by atoms with van der Waals surface area (Å²) in [6.45, 7) is 6.45. The van der Waals surface area contributed by atoms with E-state index in [0.717, 1.165) is 6.08 Å². The van der Waals surface area contributed by atoms with Crippen molar-refractivity contribution < 1.29 is 22.4 Å². The zero-order valence-electron chi connectivity index (χ0n) is 6.93. The van der Waals surface area contributed by atoms with Crippen LogP contribution in [-0.4, -0.2) is 20.1 Å². The third-order valence-electron chi connectivity index (χ3n) is 0.864. The van der Waals surface area contributed by atoms with Crippen molar-refractivity contribution in [3.63, 3.8) is 0 Å². The fourth-order valence-corrected chi connectivity index (χ4v) is 0.938. The summed E-state index contributed by atoms with van der Waals surface area (Å²) < 4.78 is 25.4. The lowest BCUT2D eigenvalue weighted by Crippen LogP contribution is -2.13. The van der Waals surface area contributed by atoms with Gasteiger partial charge in [0.2, 0.25) is 0 Å². The van der Waals surface area contributed by atoms with Crippen molar-refractivity contribution in [3.05, 3.63) is 25.3 Å². The molecule has 0 aliphatic carbocycles. The third kappa shape index (κ3) is 6.06.